The largest absolute Gasteiger partial charge is 0.333 e. The van der Waals surface area contributed by atoms with Crippen LogP contribution >= 0.6 is 0 Å². The summed E-state index contributed by atoms with van der Waals surface area (Å²) in [5.41, 5.74) is 6.20. The highest BCUT2D eigenvalue weighted by molar-refractivity contribution is 5.92. The van der Waals surface area contributed by atoms with Gasteiger partial charge in [-0.1, -0.05) is 0 Å². The Balaban J connectivity index is 2.18. The molecular weight excluding hydrogens is 233 g/mol. The third-order valence-electron chi connectivity index (χ3n) is 3.36. The molecule has 1 aromatic heterocycles. The first-order valence-electron chi connectivity index (χ1n) is 6.27. The van der Waals surface area contributed by atoms with E-state index in [1.54, 1.807) is 4.90 Å². The molecule has 0 aliphatic carbocycles. The Morgan fingerprint density at radius 1 is 1.56 bits per heavy atom. The van der Waals surface area contributed by atoms with Crippen LogP contribution < -0.4 is 5.73 Å². The maximum Gasteiger partial charge on any atom is 0.272 e. The van der Waals surface area contributed by atoms with Gasteiger partial charge in [0.25, 0.3) is 5.91 Å². The molecule has 0 saturated carbocycles. The van der Waals surface area contributed by atoms with Crippen molar-refractivity contribution in [2.45, 2.75) is 38.3 Å². The Labute approximate surface area is 106 Å². The zero-order valence-corrected chi connectivity index (χ0v) is 10.5. The quantitative estimate of drug-likeness (QED) is 0.867. The predicted octanol–water partition coefficient (Wildman–Crippen LogP) is 1.56. The van der Waals surface area contributed by atoms with Crippen molar-refractivity contribution in [2.75, 3.05) is 6.54 Å². The van der Waals surface area contributed by atoms with Crippen molar-refractivity contribution in [1.29, 1.82) is 0 Å². The fourth-order valence-electron chi connectivity index (χ4n) is 2.41. The summed E-state index contributed by atoms with van der Waals surface area (Å²) in [6.45, 7) is 2.61. The minimum atomic E-state index is -0.436. The first-order chi connectivity index (χ1) is 8.59. The summed E-state index contributed by atoms with van der Waals surface area (Å²) in [7, 11) is 0. The molecule has 1 fully saturated rings. The number of amides is 1. The van der Waals surface area contributed by atoms with E-state index in [4.69, 9.17) is 5.73 Å². The minimum absolute atomic E-state index is 0.0538. The lowest BCUT2D eigenvalue weighted by Crippen LogP contribution is -2.51. The summed E-state index contributed by atoms with van der Waals surface area (Å²) < 4.78 is 12.8. The maximum absolute atomic E-state index is 12.8. The number of rotatable bonds is 2. The van der Waals surface area contributed by atoms with E-state index >= 15 is 0 Å². The van der Waals surface area contributed by atoms with E-state index in [1.165, 1.54) is 12.1 Å². The molecular formula is C13H18FN3O. The lowest BCUT2D eigenvalue weighted by atomic mass is 9.96. The molecule has 18 heavy (non-hydrogen) atoms. The van der Waals surface area contributed by atoms with Crippen LogP contribution in [0.4, 0.5) is 4.39 Å². The Morgan fingerprint density at radius 3 is 2.94 bits per heavy atom. The number of nitrogens with zero attached hydrogens (tertiary/aromatic N) is 2. The number of hydrogen-bond donors (Lipinski definition) is 1. The van der Waals surface area contributed by atoms with E-state index in [-0.39, 0.29) is 23.7 Å². The lowest BCUT2D eigenvalue weighted by molar-refractivity contribution is 0.0577. The smallest absolute Gasteiger partial charge is 0.272 e. The zero-order valence-electron chi connectivity index (χ0n) is 10.5. The molecule has 2 N–H and O–H groups in total. The van der Waals surface area contributed by atoms with Crippen LogP contribution in [0, 0.1) is 5.82 Å². The van der Waals surface area contributed by atoms with E-state index in [9.17, 15) is 9.18 Å². The summed E-state index contributed by atoms with van der Waals surface area (Å²) >= 11 is 0. The first-order valence-corrected chi connectivity index (χ1v) is 6.27. The second kappa shape index (κ2) is 5.44. The first kappa shape index (κ1) is 13.0. The summed E-state index contributed by atoms with van der Waals surface area (Å²) in [6, 6.07) is 2.67. The van der Waals surface area contributed by atoms with Gasteiger partial charge >= 0.3 is 0 Å². The topological polar surface area (TPSA) is 59.2 Å². The molecule has 0 spiro atoms. The molecule has 0 radical (unpaired) electrons. The Kier molecular flexibility index (Phi) is 3.91. The van der Waals surface area contributed by atoms with Gasteiger partial charge in [-0.2, -0.15) is 0 Å². The number of piperidine rings is 1. The van der Waals surface area contributed by atoms with Crippen molar-refractivity contribution in [1.82, 2.24) is 9.88 Å². The summed E-state index contributed by atoms with van der Waals surface area (Å²) in [6.07, 6.45) is 4.06. The predicted molar refractivity (Wildman–Crippen MR) is 66.5 cm³/mol. The summed E-state index contributed by atoms with van der Waals surface area (Å²) in [5, 5.41) is 0. The van der Waals surface area contributed by atoms with Crippen LogP contribution in [0.1, 0.15) is 36.7 Å². The zero-order chi connectivity index (χ0) is 13.1. The Morgan fingerprint density at radius 2 is 2.33 bits per heavy atom. The number of nitrogens with two attached hydrogens (primary N) is 1. The number of likely N-dealkylation sites (tertiary alicyclic amines) is 1. The molecule has 98 valence electrons. The van der Waals surface area contributed by atoms with E-state index in [1.807, 2.05) is 6.92 Å². The summed E-state index contributed by atoms with van der Waals surface area (Å²) in [5.74, 6) is -0.592. The van der Waals surface area contributed by atoms with Crippen LogP contribution in [0.3, 0.4) is 0 Å². The second-order valence-electron chi connectivity index (χ2n) is 4.78. The number of halogens is 1. The number of hydrogen-bond acceptors (Lipinski definition) is 3. The number of aromatic nitrogens is 1. The molecule has 1 aliphatic heterocycles. The molecule has 1 aromatic rings. The van der Waals surface area contributed by atoms with E-state index in [0.29, 0.717) is 6.54 Å². The fraction of sp³-hybridized carbons (Fsp3) is 0.538. The van der Waals surface area contributed by atoms with E-state index < -0.39 is 5.82 Å². The van der Waals surface area contributed by atoms with Gasteiger partial charge < -0.3 is 10.6 Å². The molecule has 0 bridgehead atoms. The molecule has 2 atom stereocenters. The SMILES string of the molecule is CC(N)C1CCCCN1C(=O)c1ccc(F)cn1. The summed E-state index contributed by atoms with van der Waals surface area (Å²) in [4.78, 5) is 17.9. The third-order valence-corrected chi connectivity index (χ3v) is 3.36. The fourth-order valence-corrected chi connectivity index (χ4v) is 2.41. The van der Waals surface area contributed by atoms with Gasteiger partial charge in [-0.05, 0) is 38.3 Å². The molecule has 1 saturated heterocycles. The van der Waals surface area contributed by atoms with Gasteiger partial charge in [0.05, 0.1) is 6.20 Å². The van der Waals surface area contributed by atoms with Crippen LogP contribution in [0.15, 0.2) is 18.3 Å². The monoisotopic (exact) mass is 251 g/mol. The molecule has 2 rings (SSSR count). The highest BCUT2D eigenvalue weighted by Gasteiger charge is 2.30. The van der Waals surface area contributed by atoms with E-state index in [0.717, 1.165) is 25.5 Å². The lowest BCUT2D eigenvalue weighted by Gasteiger charge is -2.37. The van der Waals surface area contributed by atoms with Crippen molar-refractivity contribution in [3.63, 3.8) is 0 Å². The standard InChI is InChI=1S/C13H18FN3O/c1-9(15)12-4-2-3-7-17(12)13(18)11-6-5-10(14)8-16-11/h5-6,8-9,12H,2-4,7,15H2,1H3. The van der Waals surface area contributed by atoms with Crippen LogP contribution in [0.25, 0.3) is 0 Å². The highest BCUT2D eigenvalue weighted by atomic mass is 19.1. The molecule has 5 heteroatoms. The van der Waals surface area contributed by atoms with Crippen LogP contribution in [-0.4, -0.2) is 34.4 Å². The molecule has 4 nitrogen and oxygen atoms in total. The van der Waals surface area contributed by atoms with Crippen molar-refractivity contribution in [3.05, 3.63) is 29.8 Å². The average molecular weight is 251 g/mol. The Hall–Kier alpha value is -1.49. The van der Waals surface area contributed by atoms with Gasteiger partial charge in [0.2, 0.25) is 0 Å². The van der Waals surface area contributed by atoms with Crippen LogP contribution in [0.2, 0.25) is 0 Å². The van der Waals surface area contributed by atoms with Gasteiger partial charge in [0, 0.05) is 18.6 Å². The molecule has 1 aliphatic rings. The maximum atomic E-state index is 12.8. The van der Waals surface area contributed by atoms with Gasteiger partial charge in [0.15, 0.2) is 0 Å². The van der Waals surface area contributed by atoms with Gasteiger partial charge in [-0.3, -0.25) is 4.79 Å². The number of carbonyl (C=O) groups is 1. The third kappa shape index (κ3) is 2.67. The van der Waals surface area contributed by atoms with Crippen molar-refractivity contribution < 1.29 is 9.18 Å². The number of carbonyl (C=O) groups excluding carboxylic acids is 1. The van der Waals surface area contributed by atoms with Gasteiger partial charge in [-0.25, -0.2) is 9.37 Å². The van der Waals surface area contributed by atoms with Crippen LogP contribution in [-0.2, 0) is 0 Å². The van der Waals surface area contributed by atoms with Crippen molar-refractivity contribution >= 4 is 5.91 Å². The Bertz CT molecular complexity index is 419. The molecule has 1 amide bonds. The molecule has 0 aromatic carbocycles. The van der Waals surface area contributed by atoms with Gasteiger partial charge in [0.1, 0.15) is 11.5 Å². The minimum Gasteiger partial charge on any atom is -0.333 e. The van der Waals surface area contributed by atoms with Crippen molar-refractivity contribution in [3.8, 4) is 0 Å². The van der Waals surface area contributed by atoms with Gasteiger partial charge in [-0.15, -0.1) is 0 Å². The molecule has 2 unspecified atom stereocenters. The van der Waals surface area contributed by atoms with Crippen LogP contribution in [0.5, 0.6) is 0 Å². The number of pyridine rings is 1. The van der Waals surface area contributed by atoms with Crippen molar-refractivity contribution in [2.24, 2.45) is 5.73 Å². The highest BCUT2D eigenvalue weighted by Crippen LogP contribution is 2.20. The average Bonchev–Trinajstić information content (AvgIpc) is 2.39. The normalized spacial score (nSPS) is 21.7. The molecule has 2 heterocycles. The van der Waals surface area contributed by atoms with E-state index in [2.05, 4.69) is 4.98 Å². The second-order valence-corrected chi connectivity index (χ2v) is 4.78.